The van der Waals surface area contributed by atoms with E-state index in [0.29, 0.717) is 0 Å². The molecule has 0 aromatic carbocycles. The van der Waals surface area contributed by atoms with Crippen molar-refractivity contribution in [3.63, 3.8) is 0 Å². The topological polar surface area (TPSA) is 26.3 Å². The molecule has 0 fully saturated rings. The van der Waals surface area contributed by atoms with Crippen molar-refractivity contribution in [3.8, 4) is 0 Å². The van der Waals surface area contributed by atoms with Crippen molar-refractivity contribution >= 4 is 5.97 Å². The molecule has 0 saturated carbocycles. The number of rotatable bonds is 2. The molecule has 0 aliphatic carbocycles. The highest BCUT2D eigenvalue weighted by molar-refractivity contribution is 5.71. The molecule has 0 amide bonds. The molecule has 3 heteroatoms. The standard InChI is InChI=1S/C5H9FO2/c1-4(2)5(7)8-3-6/h4H,3H2,1-2H3. The third-order valence-electron chi connectivity index (χ3n) is 0.668. The lowest BCUT2D eigenvalue weighted by Crippen LogP contribution is -2.10. The number of carbonyl (C=O) groups is 1. The van der Waals surface area contributed by atoms with Gasteiger partial charge in [-0.1, -0.05) is 13.8 Å². The zero-order valence-corrected chi connectivity index (χ0v) is 4.98. The van der Waals surface area contributed by atoms with Crippen LogP contribution in [0.15, 0.2) is 0 Å². The Morgan fingerprint density at radius 2 is 2.25 bits per heavy atom. The van der Waals surface area contributed by atoms with E-state index in [0.717, 1.165) is 0 Å². The van der Waals surface area contributed by atoms with Gasteiger partial charge in [-0.15, -0.1) is 0 Å². The Kier molecular flexibility index (Phi) is 3.15. The van der Waals surface area contributed by atoms with Crippen LogP contribution in [-0.4, -0.2) is 12.8 Å². The first-order valence-corrected chi connectivity index (χ1v) is 2.41. The Morgan fingerprint density at radius 3 is 2.38 bits per heavy atom. The van der Waals surface area contributed by atoms with Crippen LogP contribution in [0.5, 0.6) is 0 Å². The third kappa shape index (κ3) is 2.55. The highest BCUT2D eigenvalue weighted by atomic mass is 19.1. The average molecular weight is 120 g/mol. The summed E-state index contributed by atoms with van der Waals surface area (Å²) in [5.74, 6) is -0.724. The summed E-state index contributed by atoms with van der Waals surface area (Å²) in [6.45, 7) is 2.28. The minimum atomic E-state index is -1.02. The van der Waals surface area contributed by atoms with E-state index in [-0.39, 0.29) is 5.92 Å². The second-order valence-electron chi connectivity index (χ2n) is 1.73. The summed E-state index contributed by atoms with van der Waals surface area (Å²) >= 11 is 0. The van der Waals surface area contributed by atoms with Crippen LogP contribution in [-0.2, 0) is 9.53 Å². The number of hydrogen-bond donors (Lipinski definition) is 0. The maximum absolute atomic E-state index is 11.2. The fourth-order valence-electron chi connectivity index (χ4n) is 0.220. The van der Waals surface area contributed by atoms with E-state index in [1.807, 2.05) is 0 Å². The summed E-state index contributed by atoms with van der Waals surface area (Å²) in [5, 5.41) is 0. The van der Waals surface area contributed by atoms with Crippen LogP contribution < -0.4 is 0 Å². The fourth-order valence-corrected chi connectivity index (χ4v) is 0.220. The van der Waals surface area contributed by atoms with Crippen LogP contribution in [0.1, 0.15) is 13.8 Å². The summed E-state index contributed by atoms with van der Waals surface area (Å²) in [6, 6.07) is 0. The van der Waals surface area contributed by atoms with Gasteiger partial charge < -0.3 is 4.74 Å². The molecule has 0 atom stereocenters. The van der Waals surface area contributed by atoms with E-state index >= 15 is 0 Å². The van der Waals surface area contributed by atoms with Crippen LogP contribution in [0.25, 0.3) is 0 Å². The molecule has 0 aromatic rings. The summed E-state index contributed by atoms with van der Waals surface area (Å²) in [5.41, 5.74) is 0. The molecule has 0 aliphatic rings. The van der Waals surface area contributed by atoms with Gasteiger partial charge in [0.05, 0.1) is 5.92 Å². The molecule has 0 bridgehead atoms. The predicted octanol–water partition coefficient (Wildman–Crippen LogP) is 1.11. The van der Waals surface area contributed by atoms with Crippen LogP contribution in [0.3, 0.4) is 0 Å². The van der Waals surface area contributed by atoms with E-state index in [9.17, 15) is 9.18 Å². The lowest BCUT2D eigenvalue weighted by molar-refractivity contribution is -0.151. The smallest absolute Gasteiger partial charge is 0.310 e. The molecule has 0 heterocycles. The van der Waals surface area contributed by atoms with Gasteiger partial charge in [-0.05, 0) is 0 Å². The molecule has 0 rings (SSSR count). The average Bonchev–Trinajstić information content (AvgIpc) is 1.67. The number of carbonyl (C=O) groups excluding carboxylic acids is 1. The molecule has 8 heavy (non-hydrogen) atoms. The lowest BCUT2D eigenvalue weighted by atomic mass is 10.2. The normalized spacial score (nSPS) is 9.50. The van der Waals surface area contributed by atoms with E-state index in [1.165, 1.54) is 0 Å². The van der Waals surface area contributed by atoms with Crippen molar-refractivity contribution in [2.24, 2.45) is 5.92 Å². The van der Waals surface area contributed by atoms with Gasteiger partial charge in [-0.25, -0.2) is 4.39 Å². The van der Waals surface area contributed by atoms with Crippen molar-refractivity contribution < 1.29 is 13.9 Å². The van der Waals surface area contributed by atoms with Crippen molar-refractivity contribution in [2.45, 2.75) is 13.8 Å². The van der Waals surface area contributed by atoms with Gasteiger partial charge in [0.1, 0.15) is 0 Å². The van der Waals surface area contributed by atoms with Gasteiger partial charge in [0.2, 0.25) is 6.86 Å². The van der Waals surface area contributed by atoms with Gasteiger partial charge in [-0.3, -0.25) is 4.79 Å². The minimum Gasteiger partial charge on any atom is -0.434 e. The molecule has 0 spiro atoms. The first kappa shape index (κ1) is 7.40. The highest BCUT2D eigenvalue weighted by Crippen LogP contribution is 1.94. The van der Waals surface area contributed by atoms with Crippen molar-refractivity contribution in [2.75, 3.05) is 6.86 Å². The first-order chi connectivity index (χ1) is 3.68. The van der Waals surface area contributed by atoms with E-state index < -0.39 is 12.8 Å². The van der Waals surface area contributed by atoms with Crippen LogP contribution >= 0.6 is 0 Å². The van der Waals surface area contributed by atoms with E-state index in [4.69, 9.17) is 0 Å². The predicted molar refractivity (Wildman–Crippen MR) is 26.9 cm³/mol. The van der Waals surface area contributed by atoms with Crippen LogP contribution in [0, 0.1) is 5.92 Å². The second-order valence-corrected chi connectivity index (χ2v) is 1.73. The molecule has 48 valence electrons. The zero-order chi connectivity index (χ0) is 6.57. The fraction of sp³-hybridized carbons (Fsp3) is 0.800. The number of alkyl halides is 1. The minimum absolute atomic E-state index is 0.231. The Labute approximate surface area is 47.6 Å². The van der Waals surface area contributed by atoms with Crippen molar-refractivity contribution in [1.29, 1.82) is 0 Å². The molecular weight excluding hydrogens is 111 g/mol. The van der Waals surface area contributed by atoms with Gasteiger partial charge in [0, 0.05) is 0 Å². The number of halogens is 1. The molecule has 0 N–H and O–H groups in total. The summed E-state index contributed by atoms with van der Waals surface area (Å²) in [7, 11) is 0. The lowest BCUT2D eigenvalue weighted by Gasteiger charge is -2.00. The molecule has 0 saturated heterocycles. The quantitative estimate of drug-likeness (QED) is 0.510. The molecule has 0 radical (unpaired) electrons. The molecule has 0 unspecified atom stereocenters. The zero-order valence-electron chi connectivity index (χ0n) is 4.98. The maximum Gasteiger partial charge on any atom is 0.310 e. The summed E-state index contributed by atoms with van der Waals surface area (Å²) in [4.78, 5) is 10.3. The maximum atomic E-state index is 11.2. The first-order valence-electron chi connectivity index (χ1n) is 2.41. The third-order valence-corrected chi connectivity index (χ3v) is 0.668. The highest BCUT2D eigenvalue weighted by Gasteiger charge is 2.05. The van der Waals surface area contributed by atoms with Gasteiger partial charge in [0.15, 0.2) is 0 Å². The Bertz CT molecular complexity index is 80.5. The van der Waals surface area contributed by atoms with Gasteiger partial charge in [0.25, 0.3) is 0 Å². The number of esters is 1. The number of hydrogen-bond acceptors (Lipinski definition) is 2. The largest absolute Gasteiger partial charge is 0.434 e. The van der Waals surface area contributed by atoms with Gasteiger partial charge in [-0.2, -0.15) is 0 Å². The SMILES string of the molecule is CC(C)C(=O)OCF. The Balaban J connectivity index is 3.33. The van der Waals surface area contributed by atoms with Gasteiger partial charge >= 0.3 is 5.97 Å². The molecular formula is C5H9FO2. The van der Waals surface area contributed by atoms with Crippen molar-refractivity contribution in [1.82, 2.24) is 0 Å². The van der Waals surface area contributed by atoms with Crippen LogP contribution in [0.4, 0.5) is 4.39 Å². The van der Waals surface area contributed by atoms with E-state index in [2.05, 4.69) is 4.74 Å². The second kappa shape index (κ2) is 3.41. The molecule has 0 aliphatic heterocycles. The van der Waals surface area contributed by atoms with E-state index in [1.54, 1.807) is 13.8 Å². The molecule has 2 nitrogen and oxygen atoms in total. The summed E-state index contributed by atoms with van der Waals surface area (Å²) in [6.07, 6.45) is 0. The Hall–Kier alpha value is -0.600. The monoisotopic (exact) mass is 120 g/mol. The molecule has 0 aromatic heterocycles. The number of ether oxygens (including phenoxy) is 1. The van der Waals surface area contributed by atoms with Crippen LogP contribution in [0.2, 0.25) is 0 Å². The van der Waals surface area contributed by atoms with Crippen molar-refractivity contribution in [3.05, 3.63) is 0 Å². The Morgan fingerprint density at radius 1 is 1.75 bits per heavy atom. The summed E-state index contributed by atoms with van der Waals surface area (Å²) < 4.78 is 15.2.